The molecule has 0 fully saturated rings. The van der Waals surface area contributed by atoms with Crippen LogP contribution in [0.15, 0.2) is 48.7 Å². The van der Waals surface area contributed by atoms with Gasteiger partial charge in [0.25, 0.3) is 0 Å². The molecule has 2 atom stereocenters. The van der Waals surface area contributed by atoms with Gasteiger partial charge in [0.05, 0.1) is 6.61 Å². The first-order valence-corrected chi connectivity index (χ1v) is 7.07. The van der Waals surface area contributed by atoms with Crippen LogP contribution in [0.4, 0.5) is 0 Å². The number of hydrogen-bond donors (Lipinski definition) is 1. The van der Waals surface area contributed by atoms with Crippen molar-refractivity contribution in [1.29, 1.82) is 0 Å². The Morgan fingerprint density at radius 3 is 2.55 bits per heavy atom. The fraction of sp³-hybridized carbons (Fsp3) is 0.353. The molecule has 0 aliphatic carbocycles. The van der Waals surface area contributed by atoms with E-state index in [9.17, 15) is 0 Å². The highest BCUT2D eigenvalue weighted by Crippen LogP contribution is 2.34. The fourth-order valence-electron chi connectivity index (χ4n) is 2.52. The Kier molecular flexibility index (Phi) is 5.13. The first-order valence-electron chi connectivity index (χ1n) is 7.07. The second-order valence-electron chi connectivity index (χ2n) is 4.78. The Hall–Kier alpha value is -1.87. The van der Waals surface area contributed by atoms with E-state index in [0.717, 1.165) is 11.4 Å². The third-order valence-electron chi connectivity index (χ3n) is 3.52. The lowest BCUT2D eigenvalue weighted by molar-refractivity contribution is 0.329. The molecule has 1 aromatic heterocycles. The average molecular weight is 270 g/mol. The van der Waals surface area contributed by atoms with E-state index in [-0.39, 0.29) is 12.0 Å². The van der Waals surface area contributed by atoms with Crippen LogP contribution in [-0.4, -0.2) is 18.6 Å². The monoisotopic (exact) mass is 270 g/mol. The van der Waals surface area contributed by atoms with Crippen molar-refractivity contribution in [2.45, 2.75) is 25.8 Å². The number of ether oxygens (including phenoxy) is 1. The van der Waals surface area contributed by atoms with Crippen molar-refractivity contribution in [1.82, 2.24) is 10.3 Å². The van der Waals surface area contributed by atoms with Gasteiger partial charge < -0.3 is 10.1 Å². The highest BCUT2D eigenvalue weighted by molar-refractivity contribution is 5.37. The van der Waals surface area contributed by atoms with Crippen LogP contribution in [0.25, 0.3) is 0 Å². The molecule has 0 spiro atoms. The molecule has 2 aromatic rings. The molecule has 3 nitrogen and oxygen atoms in total. The maximum absolute atomic E-state index is 5.75. The highest BCUT2D eigenvalue weighted by atomic mass is 16.5. The molecule has 0 amide bonds. The van der Waals surface area contributed by atoms with E-state index in [4.69, 9.17) is 4.74 Å². The number of hydrogen-bond acceptors (Lipinski definition) is 3. The third-order valence-corrected chi connectivity index (χ3v) is 3.52. The zero-order valence-corrected chi connectivity index (χ0v) is 12.3. The van der Waals surface area contributed by atoms with Crippen molar-refractivity contribution < 1.29 is 4.74 Å². The number of aromatic nitrogens is 1. The Labute approximate surface area is 121 Å². The van der Waals surface area contributed by atoms with Crippen molar-refractivity contribution in [2.24, 2.45) is 0 Å². The summed E-state index contributed by atoms with van der Waals surface area (Å²) in [5.41, 5.74) is 2.26. The molecule has 1 aromatic carbocycles. The number of para-hydroxylation sites is 1. The smallest absolute Gasteiger partial charge is 0.124 e. The third kappa shape index (κ3) is 3.17. The van der Waals surface area contributed by atoms with Crippen LogP contribution in [0.1, 0.15) is 37.1 Å². The summed E-state index contributed by atoms with van der Waals surface area (Å²) in [5.74, 6) is 1.21. The summed E-state index contributed by atoms with van der Waals surface area (Å²) in [6.45, 7) is 4.87. The van der Waals surface area contributed by atoms with E-state index in [0.29, 0.717) is 6.61 Å². The van der Waals surface area contributed by atoms with Gasteiger partial charge >= 0.3 is 0 Å². The summed E-state index contributed by atoms with van der Waals surface area (Å²) in [4.78, 5) is 4.47. The van der Waals surface area contributed by atoms with Crippen LogP contribution < -0.4 is 10.1 Å². The zero-order valence-electron chi connectivity index (χ0n) is 12.3. The van der Waals surface area contributed by atoms with Gasteiger partial charge in [-0.2, -0.15) is 0 Å². The summed E-state index contributed by atoms with van der Waals surface area (Å²) in [6, 6.07) is 14.4. The molecule has 3 heteroatoms. The van der Waals surface area contributed by atoms with Gasteiger partial charge in [-0.15, -0.1) is 0 Å². The molecule has 20 heavy (non-hydrogen) atoms. The second kappa shape index (κ2) is 7.06. The molecule has 2 unspecified atom stereocenters. The summed E-state index contributed by atoms with van der Waals surface area (Å²) in [6.07, 6.45) is 1.84. The lowest BCUT2D eigenvalue weighted by Gasteiger charge is -2.25. The summed E-state index contributed by atoms with van der Waals surface area (Å²) in [5, 5.41) is 3.40. The van der Waals surface area contributed by atoms with Gasteiger partial charge in [-0.3, -0.25) is 4.98 Å². The van der Waals surface area contributed by atoms with Crippen molar-refractivity contribution in [3.05, 3.63) is 59.9 Å². The average Bonchev–Trinajstić information content (AvgIpc) is 2.51. The van der Waals surface area contributed by atoms with Crippen molar-refractivity contribution in [2.75, 3.05) is 13.7 Å². The lowest BCUT2D eigenvalue weighted by atomic mass is 9.91. The molecule has 1 N–H and O–H groups in total. The van der Waals surface area contributed by atoms with Gasteiger partial charge in [-0.1, -0.05) is 31.2 Å². The van der Waals surface area contributed by atoms with Crippen LogP contribution in [0.5, 0.6) is 5.75 Å². The summed E-state index contributed by atoms with van der Waals surface area (Å²) >= 11 is 0. The Morgan fingerprint density at radius 2 is 1.90 bits per heavy atom. The van der Waals surface area contributed by atoms with E-state index in [2.05, 4.69) is 29.4 Å². The number of benzene rings is 1. The van der Waals surface area contributed by atoms with Crippen molar-refractivity contribution >= 4 is 0 Å². The van der Waals surface area contributed by atoms with Crippen LogP contribution in [0.3, 0.4) is 0 Å². The summed E-state index contributed by atoms with van der Waals surface area (Å²) < 4.78 is 5.75. The normalized spacial score (nSPS) is 13.8. The fourth-order valence-corrected chi connectivity index (χ4v) is 2.52. The molecule has 1 heterocycles. The van der Waals surface area contributed by atoms with E-state index in [1.54, 1.807) is 0 Å². The molecular formula is C17H22N2O. The van der Waals surface area contributed by atoms with Crippen LogP contribution >= 0.6 is 0 Å². The number of nitrogens with one attached hydrogen (secondary N) is 1. The number of rotatable bonds is 6. The van der Waals surface area contributed by atoms with Crippen LogP contribution in [0, 0.1) is 0 Å². The lowest BCUT2D eigenvalue weighted by Crippen LogP contribution is -2.23. The summed E-state index contributed by atoms with van der Waals surface area (Å²) in [7, 11) is 1.98. The van der Waals surface area contributed by atoms with Gasteiger partial charge in [0, 0.05) is 29.4 Å². The first kappa shape index (κ1) is 14.5. The molecule has 0 aliphatic heterocycles. The van der Waals surface area contributed by atoms with Crippen LogP contribution in [-0.2, 0) is 0 Å². The predicted octanol–water partition coefficient (Wildman–Crippen LogP) is 3.54. The first-order chi connectivity index (χ1) is 9.77. The molecule has 2 rings (SSSR count). The maximum Gasteiger partial charge on any atom is 0.124 e. The molecule has 0 aliphatic rings. The minimum atomic E-state index is 0.174. The molecular weight excluding hydrogens is 248 g/mol. The van der Waals surface area contributed by atoms with Gasteiger partial charge in [0.1, 0.15) is 5.75 Å². The maximum atomic E-state index is 5.75. The predicted molar refractivity (Wildman–Crippen MR) is 82.1 cm³/mol. The Morgan fingerprint density at radius 1 is 1.15 bits per heavy atom. The number of likely N-dealkylation sites (N-methyl/N-ethyl adjacent to an activating group) is 1. The molecule has 0 saturated carbocycles. The van der Waals surface area contributed by atoms with Gasteiger partial charge in [-0.25, -0.2) is 0 Å². The molecule has 0 bridgehead atoms. The van der Waals surface area contributed by atoms with E-state index < -0.39 is 0 Å². The van der Waals surface area contributed by atoms with Gasteiger partial charge in [-0.05, 0) is 32.2 Å². The zero-order chi connectivity index (χ0) is 14.4. The van der Waals surface area contributed by atoms with Gasteiger partial charge in [0.15, 0.2) is 0 Å². The van der Waals surface area contributed by atoms with Crippen LogP contribution in [0.2, 0.25) is 0 Å². The van der Waals surface area contributed by atoms with E-state index in [1.165, 1.54) is 5.56 Å². The minimum absolute atomic E-state index is 0.174. The molecule has 0 saturated heterocycles. The van der Waals surface area contributed by atoms with Crippen molar-refractivity contribution in [3.8, 4) is 5.75 Å². The Balaban J connectivity index is 2.33. The number of nitrogens with zero attached hydrogens (tertiary/aromatic N) is 1. The highest BCUT2D eigenvalue weighted by Gasteiger charge is 2.22. The number of pyridine rings is 1. The van der Waals surface area contributed by atoms with Gasteiger partial charge in [0.2, 0.25) is 0 Å². The minimum Gasteiger partial charge on any atom is -0.494 e. The topological polar surface area (TPSA) is 34.1 Å². The molecule has 0 radical (unpaired) electrons. The molecule has 106 valence electrons. The van der Waals surface area contributed by atoms with Crippen molar-refractivity contribution in [3.63, 3.8) is 0 Å². The van der Waals surface area contributed by atoms with E-state index >= 15 is 0 Å². The standard InChI is InChI=1S/C17H22N2O/c1-4-20-16-11-6-5-9-14(16)17(18-3)13(2)15-10-7-8-12-19-15/h5-13,17-18H,4H2,1-3H3. The largest absolute Gasteiger partial charge is 0.494 e. The second-order valence-corrected chi connectivity index (χ2v) is 4.78. The van der Waals surface area contributed by atoms with E-state index in [1.807, 2.05) is 50.5 Å². The SMILES string of the molecule is CCOc1ccccc1C(NC)C(C)c1ccccn1. The quantitative estimate of drug-likeness (QED) is 0.871. The Bertz CT molecular complexity index is 528.